The predicted molar refractivity (Wildman–Crippen MR) is 80.1 cm³/mol. The van der Waals surface area contributed by atoms with Gasteiger partial charge in [-0.1, -0.05) is 17.3 Å². The first kappa shape index (κ1) is 13.9. The minimum Gasteiger partial charge on any atom is -0.497 e. The maximum absolute atomic E-state index is 5.39. The van der Waals surface area contributed by atoms with Crippen molar-refractivity contribution in [1.82, 2.24) is 10.1 Å². The van der Waals surface area contributed by atoms with Gasteiger partial charge in [0.15, 0.2) is 10.4 Å². The number of aryl methyl sites for hydroxylation is 2. The van der Waals surface area contributed by atoms with Gasteiger partial charge in [0.25, 0.3) is 0 Å². The number of nitrogens with zero attached hydrogens (tertiary/aromatic N) is 2. The lowest BCUT2D eigenvalue weighted by Gasteiger charge is -2.01. The summed E-state index contributed by atoms with van der Waals surface area (Å²) < 4.78 is 16.4. The quantitative estimate of drug-likeness (QED) is 0.699. The molecule has 3 aromatic rings. The van der Waals surface area contributed by atoms with Crippen LogP contribution in [0.3, 0.4) is 0 Å². The summed E-state index contributed by atoms with van der Waals surface area (Å²) in [5, 5.41) is 3.92. The van der Waals surface area contributed by atoms with Crippen LogP contribution in [-0.2, 0) is 12.8 Å². The second-order valence-electron chi connectivity index (χ2n) is 4.46. The molecule has 2 aromatic heterocycles. The molecule has 0 aliphatic carbocycles. The predicted octanol–water partition coefficient (Wildman–Crippen LogP) is 3.89. The Morgan fingerprint density at radius 3 is 2.57 bits per heavy atom. The molecule has 0 radical (unpaired) electrons. The first-order valence-corrected chi connectivity index (χ1v) is 7.25. The summed E-state index contributed by atoms with van der Waals surface area (Å²) in [4.78, 5) is 4.33. The lowest BCUT2D eigenvalue weighted by atomic mass is 10.1. The molecule has 0 aliphatic rings. The second-order valence-corrected chi connectivity index (χ2v) is 5.25. The number of furan rings is 1. The first-order valence-electron chi connectivity index (χ1n) is 6.46. The third-order valence-electron chi connectivity index (χ3n) is 3.05. The van der Waals surface area contributed by atoms with Gasteiger partial charge in [-0.2, -0.15) is 4.98 Å². The monoisotopic (exact) mass is 348 g/mol. The van der Waals surface area contributed by atoms with Crippen LogP contribution >= 0.6 is 15.9 Å². The minimum atomic E-state index is 0.463. The Bertz CT molecular complexity index is 719. The highest BCUT2D eigenvalue weighted by atomic mass is 79.9. The normalized spacial score (nSPS) is 10.8. The second kappa shape index (κ2) is 6.13. The Morgan fingerprint density at radius 1 is 1.10 bits per heavy atom. The molecule has 0 bridgehead atoms. The van der Waals surface area contributed by atoms with Crippen LogP contribution < -0.4 is 4.74 Å². The molecule has 0 spiro atoms. The molecule has 0 saturated heterocycles. The average Bonchev–Trinajstić information content (AvgIpc) is 3.14. The van der Waals surface area contributed by atoms with E-state index in [4.69, 9.17) is 13.7 Å². The van der Waals surface area contributed by atoms with Gasteiger partial charge in [0.1, 0.15) is 5.75 Å². The largest absolute Gasteiger partial charge is 0.497 e. The van der Waals surface area contributed by atoms with Gasteiger partial charge in [-0.05, 0) is 52.2 Å². The Labute approximate surface area is 130 Å². The van der Waals surface area contributed by atoms with Crippen LogP contribution in [-0.4, -0.2) is 17.3 Å². The van der Waals surface area contributed by atoms with E-state index < -0.39 is 0 Å². The summed E-state index contributed by atoms with van der Waals surface area (Å²) in [6.07, 6.45) is 1.51. The summed E-state index contributed by atoms with van der Waals surface area (Å²) in [6, 6.07) is 11.5. The van der Waals surface area contributed by atoms with Crippen LogP contribution in [0.5, 0.6) is 5.75 Å². The van der Waals surface area contributed by atoms with Crippen LogP contribution in [0.25, 0.3) is 11.6 Å². The number of methoxy groups -OCH3 is 1. The number of aromatic nitrogens is 2. The van der Waals surface area contributed by atoms with Crippen molar-refractivity contribution in [3.8, 4) is 17.3 Å². The fraction of sp³-hybridized carbons (Fsp3) is 0.200. The molecular formula is C15H13BrN2O3. The molecule has 0 aliphatic heterocycles. The van der Waals surface area contributed by atoms with Gasteiger partial charge in [0.05, 0.1) is 7.11 Å². The number of hydrogen-bond donors (Lipinski definition) is 0. The molecular weight excluding hydrogens is 336 g/mol. The van der Waals surface area contributed by atoms with Crippen LogP contribution in [0.4, 0.5) is 0 Å². The molecule has 0 fully saturated rings. The van der Waals surface area contributed by atoms with Gasteiger partial charge in [0, 0.05) is 6.42 Å². The van der Waals surface area contributed by atoms with Gasteiger partial charge in [-0.25, -0.2) is 0 Å². The Balaban J connectivity index is 1.64. The topological polar surface area (TPSA) is 61.3 Å². The van der Waals surface area contributed by atoms with Crippen molar-refractivity contribution in [3.05, 3.63) is 52.5 Å². The molecule has 0 unspecified atom stereocenters. The summed E-state index contributed by atoms with van der Waals surface area (Å²) in [6.45, 7) is 0. The van der Waals surface area contributed by atoms with E-state index >= 15 is 0 Å². The summed E-state index contributed by atoms with van der Waals surface area (Å²) in [5.74, 6) is 2.49. The molecule has 0 atom stereocenters. The third kappa shape index (κ3) is 3.33. The van der Waals surface area contributed by atoms with Crippen LogP contribution in [0.15, 0.2) is 50.0 Å². The number of benzene rings is 1. The van der Waals surface area contributed by atoms with Crippen molar-refractivity contribution >= 4 is 15.9 Å². The third-order valence-corrected chi connectivity index (χ3v) is 3.47. The minimum absolute atomic E-state index is 0.463. The highest BCUT2D eigenvalue weighted by Gasteiger charge is 2.12. The molecule has 0 N–H and O–H groups in total. The summed E-state index contributed by atoms with van der Waals surface area (Å²) >= 11 is 3.25. The fourth-order valence-corrected chi connectivity index (χ4v) is 2.24. The van der Waals surface area contributed by atoms with E-state index in [-0.39, 0.29) is 0 Å². The van der Waals surface area contributed by atoms with Gasteiger partial charge in [-0.3, -0.25) is 0 Å². The van der Waals surface area contributed by atoms with Gasteiger partial charge in [-0.15, -0.1) is 0 Å². The first-order chi connectivity index (χ1) is 10.2. The number of hydrogen-bond acceptors (Lipinski definition) is 5. The van der Waals surface area contributed by atoms with Gasteiger partial charge < -0.3 is 13.7 Å². The SMILES string of the molecule is COc1ccc(CCc2nc(-c3ccc(Br)o3)no2)cc1. The zero-order valence-corrected chi connectivity index (χ0v) is 13.0. The molecule has 1 aromatic carbocycles. The van der Waals surface area contributed by atoms with E-state index in [9.17, 15) is 0 Å². The highest BCUT2D eigenvalue weighted by molar-refractivity contribution is 9.10. The average molecular weight is 349 g/mol. The zero-order chi connectivity index (χ0) is 14.7. The molecule has 3 rings (SSSR count). The lowest BCUT2D eigenvalue weighted by Crippen LogP contribution is -1.92. The van der Waals surface area contributed by atoms with Gasteiger partial charge >= 0.3 is 0 Å². The van der Waals surface area contributed by atoms with Crippen LogP contribution in [0.2, 0.25) is 0 Å². The van der Waals surface area contributed by atoms with E-state index in [1.807, 2.05) is 24.3 Å². The smallest absolute Gasteiger partial charge is 0.238 e. The lowest BCUT2D eigenvalue weighted by molar-refractivity contribution is 0.377. The Kier molecular flexibility index (Phi) is 4.06. The van der Waals surface area contributed by atoms with Crippen molar-refractivity contribution in [2.75, 3.05) is 7.11 Å². The van der Waals surface area contributed by atoms with Crippen LogP contribution in [0, 0.1) is 0 Å². The van der Waals surface area contributed by atoms with Crippen LogP contribution in [0.1, 0.15) is 11.5 Å². The van der Waals surface area contributed by atoms with Crippen molar-refractivity contribution in [2.45, 2.75) is 12.8 Å². The van der Waals surface area contributed by atoms with E-state index in [1.54, 1.807) is 19.2 Å². The van der Waals surface area contributed by atoms with Crippen molar-refractivity contribution in [1.29, 1.82) is 0 Å². The van der Waals surface area contributed by atoms with E-state index in [0.29, 0.717) is 28.6 Å². The highest BCUT2D eigenvalue weighted by Crippen LogP contribution is 2.22. The standard InChI is InChI=1S/C15H13BrN2O3/c1-19-11-5-2-10(3-6-11)4-9-14-17-15(18-21-14)12-7-8-13(16)20-12/h2-3,5-8H,4,9H2,1H3. The molecule has 0 amide bonds. The van der Waals surface area contributed by atoms with Crippen molar-refractivity contribution < 1.29 is 13.7 Å². The molecule has 6 heteroatoms. The van der Waals surface area contributed by atoms with Gasteiger partial charge in [0.2, 0.25) is 11.7 Å². The van der Waals surface area contributed by atoms with Crippen molar-refractivity contribution in [3.63, 3.8) is 0 Å². The Hall–Kier alpha value is -2.08. The number of rotatable bonds is 5. The molecule has 108 valence electrons. The van der Waals surface area contributed by atoms with E-state index in [1.165, 1.54) is 5.56 Å². The zero-order valence-electron chi connectivity index (χ0n) is 11.4. The summed E-state index contributed by atoms with van der Waals surface area (Å²) in [7, 11) is 1.65. The van der Waals surface area contributed by atoms with Crippen molar-refractivity contribution in [2.24, 2.45) is 0 Å². The summed E-state index contributed by atoms with van der Waals surface area (Å²) in [5.41, 5.74) is 1.19. The van der Waals surface area contributed by atoms with E-state index in [0.717, 1.165) is 12.2 Å². The maximum Gasteiger partial charge on any atom is 0.238 e. The van der Waals surface area contributed by atoms with E-state index in [2.05, 4.69) is 26.1 Å². The molecule has 2 heterocycles. The molecule has 21 heavy (non-hydrogen) atoms. The number of ether oxygens (including phenoxy) is 1. The number of halogens is 1. The molecule has 0 saturated carbocycles. The Morgan fingerprint density at radius 2 is 1.90 bits per heavy atom. The fourth-order valence-electron chi connectivity index (χ4n) is 1.93. The maximum atomic E-state index is 5.39. The molecule has 5 nitrogen and oxygen atoms in total.